The molecule has 0 spiro atoms. The lowest BCUT2D eigenvalue weighted by Gasteiger charge is -2.23. The number of nitrogen functional groups attached to an aromatic ring is 1. The van der Waals surface area contributed by atoms with Crippen LogP contribution in [0.5, 0.6) is 0 Å². The van der Waals surface area contributed by atoms with E-state index in [0.29, 0.717) is 18.1 Å². The topological polar surface area (TPSA) is 68.5 Å². The van der Waals surface area contributed by atoms with E-state index in [1.54, 1.807) is 6.20 Å². The number of methoxy groups -OCH3 is 1. The lowest BCUT2D eigenvalue weighted by molar-refractivity contribution is -0.144. The standard InChI is InChI=1S/C12H19N3O2/c1-8-5-6-14-11(10(8)13)15(3)7-9(2)12(16)17-4/h5-6,9H,7,13H2,1-4H3. The van der Waals surface area contributed by atoms with Crippen LogP contribution in [0.25, 0.3) is 0 Å². The van der Waals surface area contributed by atoms with E-state index in [1.807, 2.05) is 31.9 Å². The molecule has 5 nitrogen and oxygen atoms in total. The third kappa shape index (κ3) is 3.09. The smallest absolute Gasteiger partial charge is 0.310 e. The average molecular weight is 237 g/mol. The maximum atomic E-state index is 11.3. The van der Waals surface area contributed by atoms with E-state index < -0.39 is 0 Å². The first-order chi connectivity index (χ1) is 7.97. The molecule has 0 aliphatic rings. The van der Waals surface area contributed by atoms with Gasteiger partial charge in [-0.2, -0.15) is 0 Å². The lowest BCUT2D eigenvalue weighted by Crippen LogP contribution is -2.30. The van der Waals surface area contributed by atoms with Crippen LogP contribution in [0, 0.1) is 12.8 Å². The van der Waals surface area contributed by atoms with Crippen molar-refractivity contribution in [3.8, 4) is 0 Å². The van der Waals surface area contributed by atoms with Crippen LogP contribution in [0.1, 0.15) is 12.5 Å². The minimum atomic E-state index is -0.233. The van der Waals surface area contributed by atoms with Crippen LogP contribution in [0.3, 0.4) is 0 Å². The molecule has 0 saturated heterocycles. The summed E-state index contributed by atoms with van der Waals surface area (Å²) in [4.78, 5) is 17.4. The molecule has 1 atom stereocenters. The zero-order valence-electron chi connectivity index (χ0n) is 10.7. The van der Waals surface area contributed by atoms with Gasteiger partial charge < -0.3 is 15.4 Å². The highest BCUT2D eigenvalue weighted by Gasteiger charge is 2.17. The second kappa shape index (κ2) is 5.52. The van der Waals surface area contributed by atoms with Gasteiger partial charge in [0.2, 0.25) is 0 Å². The van der Waals surface area contributed by atoms with E-state index in [9.17, 15) is 4.79 Å². The van der Waals surface area contributed by atoms with Crippen molar-refractivity contribution in [2.24, 2.45) is 5.92 Å². The maximum absolute atomic E-state index is 11.3. The summed E-state index contributed by atoms with van der Waals surface area (Å²) in [6.45, 7) is 4.26. The number of hydrogen-bond acceptors (Lipinski definition) is 5. The van der Waals surface area contributed by atoms with Crippen LogP contribution < -0.4 is 10.6 Å². The summed E-state index contributed by atoms with van der Waals surface area (Å²) >= 11 is 0. The molecule has 0 amide bonds. The van der Waals surface area contributed by atoms with Gasteiger partial charge in [0.1, 0.15) is 0 Å². The van der Waals surface area contributed by atoms with Crippen molar-refractivity contribution in [2.75, 3.05) is 31.3 Å². The van der Waals surface area contributed by atoms with Gasteiger partial charge in [0.25, 0.3) is 0 Å². The average Bonchev–Trinajstić information content (AvgIpc) is 2.31. The molecule has 1 aromatic heterocycles. The first kappa shape index (κ1) is 13.3. The number of carbonyl (C=O) groups is 1. The fourth-order valence-corrected chi connectivity index (χ4v) is 1.63. The Balaban J connectivity index is 2.80. The van der Waals surface area contributed by atoms with Crippen molar-refractivity contribution in [2.45, 2.75) is 13.8 Å². The third-order valence-corrected chi connectivity index (χ3v) is 2.70. The Hall–Kier alpha value is -1.78. The largest absolute Gasteiger partial charge is 0.469 e. The van der Waals surface area contributed by atoms with E-state index in [4.69, 9.17) is 5.73 Å². The molecule has 1 aromatic rings. The van der Waals surface area contributed by atoms with Crippen LogP contribution in [0.15, 0.2) is 12.3 Å². The summed E-state index contributed by atoms with van der Waals surface area (Å²) in [6, 6.07) is 1.86. The fraction of sp³-hybridized carbons (Fsp3) is 0.500. The molecule has 1 heterocycles. The van der Waals surface area contributed by atoms with Crippen molar-refractivity contribution < 1.29 is 9.53 Å². The number of aromatic nitrogens is 1. The molecule has 0 saturated carbocycles. The third-order valence-electron chi connectivity index (χ3n) is 2.70. The first-order valence-corrected chi connectivity index (χ1v) is 5.47. The Morgan fingerprint density at radius 2 is 2.29 bits per heavy atom. The highest BCUT2D eigenvalue weighted by Crippen LogP contribution is 2.22. The second-order valence-corrected chi connectivity index (χ2v) is 4.17. The summed E-state index contributed by atoms with van der Waals surface area (Å²) in [5.41, 5.74) is 7.57. The fourth-order valence-electron chi connectivity index (χ4n) is 1.63. The zero-order valence-corrected chi connectivity index (χ0v) is 10.7. The second-order valence-electron chi connectivity index (χ2n) is 4.17. The maximum Gasteiger partial charge on any atom is 0.310 e. The van der Waals surface area contributed by atoms with Gasteiger partial charge in [0, 0.05) is 19.8 Å². The minimum absolute atomic E-state index is 0.216. The van der Waals surface area contributed by atoms with Crippen molar-refractivity contribution in [1.29, 1.82) is 0 Å². The predicted octanol–water partition coefficient (Wildman–Crippen LogP) is 1.22. The van der Waals surface area contributed by atoms with Gasteiger partial charge in [-0.05, 0) is 18.6 Å². The van der Waals surface area contributed by atoms with Gasteiger partial charge in [-0.25, -0.2) is 4.98 Å². The summed E-state index contributed by atoms with van der Waals surface area (Å²) in [5.74, 6) is 0.246. The Kier molecular flexibility index (Phi) is 4.31. The number of ether oxygens (including phenoxy) is 1. The summed E-state index contributed by atoms with van der Waals surface area (Å²) < 4.78 is 4.69. The molecule has 1 unspecified atom stereocenters. The molecule has 0 radical (unpaired) electrons. The minimum Gasteiger partial charge on any atom is -0.469 e. The highest BCUT2D eigenvalue weighted by atomic mass is 16.5. The first-order valence-electron chi connectivity index (χ1n) is 5.47. The molecular weight excluding hydrogens is 218 g/mol. The summed E-state index contributed by atoms with van der Waals surface area (Å²) in [6.07, 6.45) is 1.71. The van der Waals surface area contributed by atoms with Crippen molar-refractivity contribution in [1.82, 2.24) is 4.98 Å². The zero-order chi connectivity index (χ0) is 13.0. The molecule has 0 bridgehead atoms. The normalized spacial score (nSPS) is 12.0. The Morgan fingerprint density at radius 3 is 2.88 bits per heavy atom. The van der Waals surface area contributed by atoms with Crippen LogP contribution >= 0.6 is 0 Å². The molecule has 0 aliphatic heterocycles. The molecule has 0 fully saturated rings. The number of nitrogens with two attached hydrogens (primary N) is 1. The Morgan fingerprint density at radius 1 is 1.65 bits per heavy atom. The van der Waals surface area contributed by atoms with Gasteiger partial charge in [-0.3, -0.25) is 4.79 Å². The molecular formula is C12H19N3O2. The number of pyridine rings is 1. The van der Waals surface area contributed by atoms with Crippen LogP contribution in [0.4, 0.5) is 11.5 Å². The van der Waals surface area contributed by atoms with Crippen LogP contribution in [-0.2, 0) is 9.53 Å². The van der Waals surface area contributed by atoms with E-state index in [1.165, 1.54) is 7.11 Å². The van der Waals surface area contributed by atoms with Crippen LogP contribution in [-0.4, -0.2) is 31.7 Å². The van der Waals surface area contributed by atoms with Gasteiger partial charge in [-0.15, -0.1) is 0 Å². The number of nitrogens with zero attached hydrogens (tertiary/aromatic N) is 2. The van der Waals surface area contributed by atoms with E-state index in [-0.39, 0.29) is 11.9 Å². The van der Waals surface area contributed by atoms with Crippen molar-refractivity contribution >= 4 is 17.5 Å². The highest BCUT2D eigenvalue weighted by molar-refractivity contribution is 5.73. The Labute approximate surface area is 102 Å². The van der Waals surface area contributed by atoms with Gasteiger partial charge >= 0.3 is 5.97 Å². The molecule has 94 valence electrons. The molecule has 0 aromatic carbocycles. The van der Waals surface area contributed by atoms with Crippen molar-refractivity contribution in [3.63, 3.8) is 0 Å². The quantitative estimate of drug-likeness (QED) is 0.797. The van der Waals surface area contributed by atoms with E-state index >= 15 is 0 Å². The number of aryl methyl sites for hydroxylation is 1. The van der Waals surface area contributed by atoms with E-state index in [0.717, 1.165) is 5.56 Å². The van der Waals surface area contributed by atoms with Crippen molar-refractivity contribution in [3.05, 3.63) is 17.8 Å². The number of hydrogen-bond donors (Lipinski definition) is 1. The monoisotopic (exact) mass is 237 g/mol. The predicted molar refractivity (Wildman–Crippen MR) is 67.8 cm³/mol. The van der Waals surface area contributed by atoms with Gasteiger partial charge in [0.15, 0.2) is 5.82 Å². The number of anilines is 2. The molecule has 5 heteroatoms. The molecule has 17 heavy (non-hydrogen) atoms. The van der Waals surface area contributed by atoms with Gasteiger partial charge in [-0.1, -0.05) is 6.92 Å². The Bertz CT molecular complexity index is 407. The van der Waals surface area contributed by atoms with Gasteiger partial charge in [0.05, 0.1) is 18.7 Å². The summed E-state index contributed by atoms with van der Waals surface area (Å²) in [7, 11) is 3.25. The number of esters is 1. The molecule has 0 aliphatic carbocycles. The van der Waals surface area contributed by atoms with E-state index in [2.05, 4.69) is 9.72 Å². The SMILES string of the molecule is COC(=O)C(C)CN(C)c1nccc(C)c1N. The molecule has 2 N–H and O–H groups in total. The van der Waals surface area contributed by atoms with Crippen LogP contribution in [0.2, 0.25) is 0 Å². The number of carbonyl (C=O) groups excluding carboxylic acids is 1. The molecule has 1 rings (SSSR count). The lowest BCUT2D eigenvalue weighted by atomic mass is 10.1. The number of rotatable bonds is 4. The summed E-state index contributed by atoms with van der Waals surface area (Å²) in [5, 5.41) is 0.